The fourth-order valence-electron chi connectivity index (χ4n) is 3.03. The molecule has 1 atom stereocenters. The molecule has 1 heterocycles. The molecule has 2 rings (SSSR count). The first-order valence-corrected chi connectivity index (χ1v) is 7.91. The average molecular weight is 304 g/mol. The van der Waals surface area contributed by atoms with Crippen molar-refractivity contribution in [1.82, 2.24) is 10.2 Å². The highest BCUT2D eigenvalue weighted by Crippen LogP contribution is 2.21. The number of likely N-dealkylation sites (tertiary alicyclic amines) is 1. The molecular formula is C17H24N2O3. The first kappa shape index (κ1) is 16.5. The van der Waals surface area contributed by atoms with Gasteiger partial charge in [-0.05, 0) is 44.2 Å². The molecule has 1 aromatic rings. The van der Waals surface area contributed by atoms with E-state index in [0.717, 1.165) is 38.6 Å². The van der Waals surface area contributed by atoms with Gasteiger partial charge >= 0.3 is 5.97 Å². The van der Waals surface area contributed by atoms with Gasteiger partial charge in [0.2, 0.25) is 5.91 Å². The Bertz CT molecular complexity index is 490. The van der Waals surface area contributed by atoms with Crippen LogP contribution in [0.4, 0.5) is 0 Å². The van der Waals surface area contributed by atoms with Crippen molar-refractivity contribution >= 4 is 11.9 Å². The minimum absolute atomic E-state index is 0.197. The maximum absolute atomic E-state index is 11.7. The normalized spacial score (nSPS) is 18.3. The van der Waals surface area contributed by atoms with Crippen molar-refractivity contribution in [2.75, 3.05) is 19.6 Å². The lowest BCUT2D eigenvalue weighted by Crippen LogP contribution is -2.41. The second-order valence-electron chi connectivity index (χ2n) is 5.81. The van der Waals surface area contributed by atoms with Crippen LogP contribution in [0.15, 0.2) is 30.3 Å². The second kappa shape index (κ2) is 8.54. The third kappa shape index (κ3) is 5.48. The molecule has 22 heavy (non-hydrogen) atoms. The molecule has 0 aliphatic carbocycles. The molecule has 1 unspecified atom stereocenters. The lowest BCUT2D eigenvalue weighted by Gasteiger charge is -2.23. The summed E-state index contributed by atoms with van der Waals surface area (Å²) in [5.41, 5.74) is 1.35. The monoisotopic (exact) mass is 304 g/mol. The maximum atomic E-state index is 11.7. The minimum Gasteiger partial charge on any atom is -0.480 e. The summed E-state index contributed by atoms with van der Waals surface area (Å²) in [5, 5.41) is 11.0. The number of aliphatic carboxylic acids is 1. The molecule has 120 valence electrons. The molecule has 1 aliphatic heterocycles. The number of benzene rings is 1. The molecule has 2 N–H and O–H groups in total. The van der Waals surface area contributed by atoms with Crippen molar-refractivity contribution in [3.63, 3.8) is 0 Å². The average Bonchev–Trinajstić information content (AvgIpc) is 2.93. The third-order valence-corrected chi connectivity index (χ3v) is 4.13. The zero-order valence-corrected chi connectivity index (χ0v) is 12.8. The van der Waals surface area contributed by atoms with Crippen molar-refractivity contribution in [3.05, 3.63) is 35.9 Å². The Morgan fingerprint density at radius 3 is 2.77 bits per heavy atom. The van der Waals surface area contributed by atoms with Gasteiger partial charge in [0.25, 0.3) is 0 Å². The van der Waals surface area contributed by atoms with Crippen molar-refractivity contribution in [2.45, 2.75) is 38.1 Å². The van der Waals surface area contributed by atoms with E-state index in [1.165, 1.54) is 5.56 Å². The lowest BCUT2D eigenvalue weighted by molar-refractivity contribution is -0.138. The van der Waals surface area contributed by atoms with Gasteiger partial charge < -0.3 is 10.4 Å². The summed E-state index contributed by atoms with van der Waals surface area (Å²) in [6.45, 7) is 0.936. The van der Waals surface area contributed by atoms with Crippen LogP contribution in [0.5, 0.6) is 0 Å². The molecule has 0 spiro atoms. The number of aryl methyl sites for hydroxylation is 1. The highest BCUT2D eigenvalue weighted by Gasteiger charge is 2.25. The summed E-state index contributed by atoms with van der Waals surface area (Å²) in [6, 6.07) is 10.9. The van der Waals surface area contributed by atoms with E-state index in [9.17, 15) is 9.59 Å². The third-order valence-electron chi connectivity index (χ3n) is 4.13. The highest BCUT2D eigenvalue weighted by atomic mass is 16.4. The standard InChI is InChI=1S/C17H24N2O3/c20-16(18-12-17(21)22)13-19-11-5-10-15(19)9-4-8-14-6-2-1-3-7-14/h1-3,6-7,15H,4-5,8-13H2,(H,18,20)(H,21,22). The fraction of sp³-hybridized carbons (Fsp3) is 0.529. The Hall–Kier alpha value is -1.88. The van der Waals surface area contributed by atoms with Crippen LogP contribution >= 0.6 is 0 Å². The zero-order valence-electron chi connectivity index (χ0n) is 12.8. The molecule has 1 saturated heterocycles. The molecule has 1 amide bonds. The van der Waals surface area contributed by atoms with Gasteiger partial charge in [0.15, 0.2) is 0 Å². The molecule has 5 nitrogen and oxygen atoms in total. The maximum Gasteiger partial charge on any atom is 0.322 e. The fourth-order valence-corrected chi connectivity index (χ4v) is 3.03. The van der Waals surface area contributed by atoms with Gasteiger partial charge in [0.1, 0.15) is 6.54 Å². The smallest absolute Gasteiger partial charge is 0.322 e. The van der Waals surface area contributed by atoms with Crippen LogP contribution in [-0.2, 0) is 16.0 Å². The molecule has 1 aliphatic rings. The van der Waals surface area contributed by atoms with Crippen LogP contribution in [0, 0.1) is 0 Å². The van der Waals surface area contributed by atoms with E-state index >= 15 is 0 Å². The number of rotatable bonds is 8. The number of nitrogens with zero attached hydrogens (tertiary/aromatic N) is 1. The number of carbonyl (C=O) groups is 2. The van der Waals surface area contributed by atoms with Crippen LogP contribution in [0.2, 0.25) is 0 Å². The summed E-state index contributed by atoms with van der Waals surface area (Å²) in [4.78, 5) is 24.4. The number of hydrogen-bond acceptors (Lipinski definition) is 3. The van der Waals surface area contributed by atoms with E-state index in [4.69, 9.17) is 5.11 Å². The summed E-state index contributed by atoms with van der Waals surface area (Å²) >= 11 is 0. The Kier molecular flexibility index (Phi) is 6.40. The summed E-state index contributed by atoms with van der Waals surface area (Å²) in [5.74, 6) is -1.20. The first-order chi connectivity index (χ1) is 10.6. The van der Waals surface area contributed by atoms with Gasteiger partial charge in [-0.3, -0.25) is 14.5 Å². The topological polar surface area (TPSA) is 69.6 Å². The van der Waals surface area contributed by atoms with E-state index in [0.29, 0.717) is 12.6 Å². The largest absolute Gasteiger partial charge is 0.480 e. The summed E-state index contributed by atoms with van der Waals surface area (Å²) < 4.78 is 0. The minimum atomic E-state index is -1.01. The Morgan fingerprint density at radius 2 is 2.05 bits per heavy atom. The quantitative estimate of drug-likeness (QED) is 0.766. The molecule has 5 heteroatoms. The lowest BCUT2D eigenvalue weighted by atomic mass is 10.0. The van der Waals surface area contributed by atoms with E-state index in [1.54, 1.807) is 0 Å². The first-order valence-electron chi connectivity index (χ1n) is 7.91. The summed E-state index contributed by atoms with van der Waals surface area (Å²) in [6.07, 6.45) is 5.50. The van der Waals surface area contributed by atoms with Gasteiger partial charge in [-0.25, -0.2) is 0 Å². The van der Waals surface area contributed by atoms with E-state index < -0.39 is 5.97 Å². The Labute approximate surface area is 131 Å². The van der Waals surface area contributed by atoms with Crippen molar-refractivity contribution in [2.24, 2.45) is 0 Å². The molecule has 0 radical (unpaired) electrons. The Balaban J connectivity index is 1.71. The van der Waals surface area contributed by atoms with E-state index in [2.05, 4.69) is 34.5 Å². The van der Waals surface area contributed by atoms with Crippen LogP contribution in [0.3, 0.4) is 0 Å². The van der Waals surface area contributed by atoms with E-state index in [1.807, 2.05) is 6.07 Å². The summed E-state index contributed by atoms with van der Waals surface area (Å²) in [7, 11) is 0. The molecule has 1 aromatic carbocycles. The van der Waals surface area contributed by atoms with E-state index in [-0.39, 0.29) is 12.5 Å². The van der Waals surface area contributed by atoms with Gasteiger partial charge in [-0.1, -0.05) is 30.3 Å². The predicted octanol–water partition coefficient (Wildman–Crippen LogP) is 1.67. The molecule has 0 saturated carbocycles. The number of carbonyl (C=O) groups excluding carboxylic acids is 1. The molecular weight excluding hydrogens is 280 g/mol. The zero-order chi connectivity index (χ0) is 15.8. The number of carboxylic acids is 1. The van der Waals surface area contributed by atoms with Crippen molar-refractivity contribution in [3.8, 4) is 0 Å². The number of amides is 1. The highest BCUT2D eigenvalue weighted by molar-refractivity contribution is 5.82. The van der Waals surface area contributed by atoms with Gasteiger partial charge in [0, 0.05) is 6.04 Å². The van der Waals surface area contributed by atoms with Crippen molar-refractivity contribution in [1.29, 1.82) is 0 Å². The van der Waals surface area contributed by atoms with Gasteiger partial charge in [0.05, 0.1) is 6.54 Å². The molecule has 0 bridgehead atoms. The number of carboxylic acid groups (broad SMARTS) is 1. The van der Waals surface area contributed by atoms with Gasteiger partial charge in [-0.2, -0.15) is 0 Å². The number of hydrogen-bond donors (Lipinski definition) is 2. The van der Waals surface area contributed by atoms with Crippen LogP contribution in [0.25, 0.3) is 0 Å². The molecule has 0 aromatic heterocycles. The number of nitrogens with one attached hydrogen (secondary N) is 1. The second-order valence-corrected chi connectivity index (χ2v) is 5.81. The Morgan fingerprint density at radius 1 is 1.27 bits per heavy atom. The SMILES string of the molecule is O=C(O)CNC(=O)CN1CCCC1CCCc1ccccc1. The van der Waals surface area contributed by atoms with Gasteiger partial charge in [-0.15, -0.1) is 0 Å². The molecule has 1 fully saturated rings. The van der Waals surface area contributed by atoms with Crippen LogP contribution in [0.1, 0.15) is 31.2 Å². The predicted molar refractivity (Wildman–Crippen MR) is 84.6 cm³/mol. The van der Waals surface area contributed by atoms with Crippen LogP contribution in [-0.4, -0.2) is 47.6 Å². The van der Waals surface area contributed by atoms with Crippen molar-refractivity contribution < 1.29 is 14.7 Å². The van der Waals surface area contributed by atoms with Crippen LogP contribution < -0.4 is 5.32 Å².